The zero-order valence-electron chi connectivity index (χ0n) is 22.7. The Morgan fingerprint density at radius 1 is 1.15 bits per heavy atom. The molecule has 0 spiro atoms. The molecule has 2 amide bonds. The quantitative estimate of drug-likeness (QED) is 0.259. The van der Waals surface area contributed by atoms with Gasteiger partial charge in [0, 0.05) is 35.1 Å². The van der Waals surface area contributed by atoms with Crippen molar-refractivity contribution in [3.05, 3.63) is 51.2 Å². The molecule has 0 unspecified atom stereocenters. The van der Waals surface area contributed by atoms with Crippen LogP contribution in [-0.4, -0.2) is 92.4 Å². The van der Waals surface area contributed by atoms with E-state index in [1.807, 2.05) is 4.90 Å². The highest BCUT2D eigenvalue weighted by Gasteiger charge is 2.63. The van der Waals surface area contributed by atoms with Crippen LogP contribution in [0.2, 0.25) is 0 Å². The lowest BCUT2D eigenvalue weighted by molar-refractivity contribution is -0.148. The number of likely N-dealkylation sites (tertiary alicyclic amines) is 1. The smallest absolute Gasteiger partial charge is 0.255 e. The Bertz CT molecular complexity index is 1440. The molecule has 0 bridgehead atoms. The van der Waals surface area contributed by atoms with E-state index in [2.05, 4.69) is 0 Å². The molecular weight excluding hydrogens is 539 g/mol. The first-order chi connectivity index (χ1) is 19.2. The molecule has 4 aliphatic rings. The number of fused-ring (bicyclic) bond motifs is 3. The summed E-state index contributed by atoms with van der Waals surface area (Å²) in [6, 6.07) is 0.0120. The molecule has 41 heavy (non-hydrogen) atoms. The van der Waals surface area contributed by atoms with E-state index in [4.69, 9.17) is 11.5 Å². The summed E-state index contributed by atoms with van der Waals surface area (Å²) in [6.45, 7) is 1.12. The second kappa shape index (κ2) is 9.93. The number of ketones is 2. The Balaban J connectivity index is 1.55. The van der Waals surface area contributed by atoms with Crippen LogP contribution >= 0.6 is 0 Å². The molecule has 4 atom stereocenters. The van der Waals surface area contributed by atoms with Gasteiger partial charge in [0.05, 0.1) is 11.6 Å². The number of halogens is 1. The van der Waals surface area contributed by atoms with Gasteiger partial charge in [0.15, 0.2) is 11.4 Å². The Morgan fingerprint density at radius 2 is 1.78 bits per heavy atom. The van der Waals surface area contributed by atoms with Crippen LogP contribution in [0, 0.1) is 23.6 Å². The number of benzene rings is 1. The summed E-state index contributed by atoms with van der Waals surface area (Å²) in [5.41, 5.74) is 6.46. The maximum atomic E-state index is 15.9. The van der Waals surface area contributed by atoms with Crippen LogP contribution in [0.4, 0.5) is 4.39 Å². The fourth-order valence-corrected chi connectivity index (χ4v) is 7.09. The number of phenols is 1. The number of aliphatic hydroxyl groups is 3. The number of amides is 2. The Kier molecular flexibility index (Phi) is 6.95. The van der Waals surface area contributed by atoms with Crippen LogP contribution in [0.5, 0.6) is 5.75 Å². The standard InChI is InChI=1S/C28H33FN4O8/c1-32(2)21-15-8-12-7-14-18(16(34)9-13(20(14)29)10-33-5-3-11(4-6-33)26(30)39)22(35)17(12)24(37)28(15,41)25(38)19(23(21)36)27(31)40/h9,11-12,15,21,34,36-37,41H,3-8,10H2,1-2H3,(H2,30,39)(H2,31,40)/t12-,15-,21-,28-/m0/s1. The average molecular weight is 573 g/mol. The predicted octanol–water partition coefficient (Wildman–Crippen LogP) is -0.0430. The third-order valence-electron chi connectivity index (χ3n) is 9.11. The molecule has 1 aromatic carbocycles. The minimum Gasteiger partial charge on any atom is -0.510 e. The van der Waals surface area contributed by atoms with Gasteiger partial charge in [0.25, 0.3) is 5.91 Å². The van der Waals surface area contributed by atoms with E-state index in [1.165, 1.54) is 19.0 Å². The normalized spacial score (nSPS) is 29.0. The lowest BCUT2D eigenvalue weighted by Crippen LogP contribution is -2.63. The van der Waals surface area contributed by atoms with Crippen molar-refractivity contribution in [3.63, 3.8) is 0 Å². The fraction of sp³-hybridized carbons (Fsp3) is 0.500. The molecule has 220 valence electrons. The highest BCUT2D eigenvalue weighted by Crippen LogP contribution is 2.52. The van der Waals surface area contributed by atoms with E-state index in [1.54, 1.807) is 0 Å². The molecule has 13 heteroatoms. The first kappa shape index (κ1) is 28.7. The zero-order chi connectivity index (χ0) is 30.1. The van der Waals surface area contributed by atoms with E-state index >= 15 is 4.39 Å². The summed E-state index contributed by atoms with van der Waals surface area (Å²) in [5.74, 6) is -9.15. The van der Waals surface area contributed by atoms with Crippen LogP contribution in [0.3, 0.4) is 0 Å². The van der Waals surface area contributed by atoms with Gasteiger partial charge in [-0.2, -0.15) is 0 Å². The number of nitrogens with two attached hydrogens (primary N) is 2. The monoisotopic (exact) mass is 572 g/mol. The highest BCUT2D eigenvalue weighted by atomic mass is 19.1. The second-order valence-corrected chi connectivity index (χ2v) is 11.6. The van der Waals surface area contributed by atoms with Crippen LogP contribution < -0.4 is 11.5 Å². The maximum Gasteiger partial charge on any atom is 0.255 e. The van der Waals surface area contributed by atoms with Crippen molar-refractivity contribution in [1.29, 1.82) is 0 Å². The van der Waals surface area contributed by atoms with Gasteiger partial charge in [-0.15, -0.1) is 0 Å². The number of phenolic OH excluding ortho intramolecular Hbond substituents is 1. The van der Waals surface area contributed by atoms with Crippen LogP contribution in [0.1, 0.15) is 40.7 Å². The Hall–Kier alpha value is -3.81. The molecule has 1 aromatic rings. The summed E-state index contributed by atoms with van der Waals surface area (Å²) in [5, 5.41) is 44.6. The van der Waals surface area contributed by atoms with E-state index < -0.39 is 69.6 Å². The number of aromatic hydroxyl groups is 1. The molecule has 0 radical (unpaired) electrons. The molecule has 1 fully saturated rings. The molecule has 0 aromatic heterocycles. The molecular formula is C28H33FN4O8. The van der Waals surface area contributed by atoms with Crippen molar-refractivity contribution < 1.29 is 44.0 Å². The van der Waals surface area contributed by atoms with Crippen LogP contribution in [0.15, 0.2) is 28.7 Å². The van der Waals surface area contributed by atoms with Gasteiger partial charge in [-0.25, -0.2) is 4.39 Å². The molecule has 12 nitrogen and oxygen atoms in total. The minimum absolute atomic E-state index is 0.0508. The number of likely N-dealkylation sites (N-methyl/N-ethyl adjacent to an activating group) is 1. The van der Waals surface area contributed by atoms with Gasteiger partial charge in [0.2, 0.25) is 11.7 Å². The van der Waals surface area contributed by atoms with Gasteiger partial charge in [-0.1, -0.05) is 0 Å². The molecule has 1 aliphatic heterocycles. The predicted molar refractivity (Wildman–Crippen MR) is 141 cm³/mol. The van der Waals surface area contributed by atoms with Crippen molar-refractivity contribution in [2.75, 3.05) is 27.2 Å². The number of piperidine rings is 1. The molecule has 8 N–H and O–H groups in total. The van der Waals surface area contributed by atoms with Crippen LogP contribution in [0.25, 0.3) is 0 Å². The molecule has 3 aliphatic carbocycles. The number of hydrogen-bond donors (Lipinski definition) is 6. The van der Waals surface area contributed by atoms with E-state index in [-0.39, 0.29) is 53.5 Å². The lowest BCUT2D eigenvalue weighted by atomic mass is 9.58. The Morgan fingerprint density at radius 3 is 2.34 bits per heavy atom. The third kappa shape index (κ3) is 4.21. The van der Waals surface area contributed by atoms with E-state index in [0.717, 1.165) is 6.07 Å². The SMILES string of the molecule is CN(C)[C@@H]1C(O)=C(C(N)=O)C(=O)[C@@]2(O)C(O)=C3C(=O)c4c(O)cc(CN5CCC(C(N)=O)CC5)c(F)c4C[C@H]3C[C@@H]12. The number of Topliss-reactive ketones (excluding diaryl/α,β-unsaturated/α-hetero) is 2. The number of carbonyl (C=O) groups excluding carboxylic acids is 4. The summed E-state index contributed by atoms with van der Waals surface area (Å²) in [7, 11) is 3.06. The second-order valence-electron chi connectivity index (χ2n) is 11.6. The van der Waals surface area contributed by atoms with Gasteiger partial charge in [0.1, 0.15) is 28.7 Å². The number of hydrogen-bond acceptors (Lipinski definition) is 10. The summed E-state index contributed by atoms with van der Waals surface area (Å²) in [6.07, 6.45) is 0.787. The average Bonchev–Trinajstić information content (AvgIpc) is 2.89. The van der Waals surface area contributed by atoms with Crippen molar-refractivity contribution in [1.82, 2.24) is 9.80 Å². The summed E-state index contributed by atoms with van der Waals surface area (Å²) in [4.78, 5) is 53.9. The number of primary amides is 2. The first-order valence-corrected chi connectivity index (χ1v) is 13.4. The number of carbonyl (C=O) groups is 4. The lowest BCUT2D eigenvalue weighted by Gasteiger charge is -2.50. The van der Waals surface area contributed by atoms with Crippen LogP contribution in [-0.2, 0) is 27.3 Å². The number of rotatable bonds is 5. The summed E-state index contributed by atoms with van der Waals surface area (Å²) < 4.78 is 15.9. The Labute approximate surface area is 234 Å². The van der Waals surface area contributed by atoms with Gasteiger partial charge in [-0.05, 0) is 64.9 Å². The molecule has 0 saturated carbocycles. The van der Waals surface area contributed by atoms with Crippen molar-refractivity contribution >= 4 is 23.4 Å². The first-order valence-electron chi connectivity index (χ1n) is 13.4. The summed E-state index contributed by atoms with van der Waals surface area (Å²) >= 11 is 0. The number of aliphatic hydroxyl groups excluding tert-OH is 2. The van der Waals surface area contributed by atoms with Gasteiger partial charge >= 0.3 is 0 Å². The zero-order valence-corrected chi connectivity index (χ0v) is 22.7. The highest BCUT2D eigenvalue weighted by molar-refractivity contribution is 6.24. The topological polar surface area (TPSA) is 208 Å². The van der Waals surface area contributed by atoms with E-state index in [0.29, 0.717) is 25.9 Å². The maximum absolute atomic E-state index is 15.9. The van der Waals surface area contributed by atoms with Crippen molar-refractivity contribution in [2.45, 2.75) is 43.9 Å². The third-order valence-corrected chi connectivity index (χ3v) is 9.11. The van der Waals surface area contributed by atoms with Gasteiger partial charge < -0.3 is 31.9 Å². The molecule has 1 saturated heterocycles. The van der Waals surface area contributed by atoms with Crippen molar-refractivity contribution in [3.8, 4) is 5.75 Å². The van der Waals surface area contributed by atoms with E-state index in [9.17, 15) is 39.6 Å². The van der Waals surface area contributed by atoms with Crippen molar-refractivity contribution in [2.24, 2.45) is 29.2 Å². The molecule has 5 rings (SSSR count). The molecule has 1 heterocycles. The van der Waals surface area contributed by atoms with Gasteiger partial charge in [-0.3, -0.25) is 29.0 Å². The largest absolute Gasteiger partial charge is 0.510 e. The number of nitrogens with zero attached hydrogens (tertiary/aromatic N) is 2. The number of allylic oxidation sites excluding steroid dienone is 1. The minimum atomic E-state index is -2.75. The fourth-order valence-electron chi connectivity index (χ4n) is 7.09.